The predicted octanol–water partition coefficient (Wildman–Crippen LogP) is 1.79. The van der Waals surface area contributed by atoms with E-state index in [-0.39, 0.29) is 22.6 Å². The minimum atomic E-state index is -3.74. The summed E-state index contributed by atoms with van der Waals surface area (Å²) in [6.07, 6.45) is -0.260. The molecule has 1 atom stereocenters. The molecule has 0 aliphatic rings. The number of nitrogens with one attached hydrogen (secondary N) is 1. The fraction of sp³-hybridized carbons (Fsp3) is 0.400. The van der Waals surface area contributed by atoms with E-state index in [1.807, 2.05) is 0 Å². The third kappa shape index (κ3) is 3.92. The van der Waals surface area contributed by atoms with Gasteiger partial charge >= 0.3 is 0 Å². The Morgan fingerprint density at radius 1 is 1.53 bits per heavy atom. The summed E-state index contributed by atoms with van der Waals surface area (Å²) in [5.74, 6) is -0.584. The molecule has 0 aromatic heterocycles. The molecule has 0 spiro atoms. The van der Waals surface area contributed by atoms with Crippen molar-refractivity contribution in [2.45, 2.75) is 17.9 Å². The molecule has 0 aliphatic heterocycles. The van der Waals surface area contributed by atoms with Crippen molar-refractivity contribution >= 4 is 21.6 Å². The molecular weight excluding hydrogens is 269 g/mol. The van der Waals surface area contributed by atoms with Crippen LogP contribution in [0.25, 0.3) is 0 Å². The van der Waals surface area contributed by atoms with Crippen molar-refractivity contribution in [1.82, 2.24) is 4.72 Å². The summed E-state index contributed by atoms with van der Waals surface area (Å²) in [5, 5.41) is -0.150. The number of hydrogen-bond acceptors (Lipinski definition) is 3. The summed E-state index contributed by atoms with van der Waals surface area (Å²) < 4.78 is 43.6. The van der Waals surface area contributed by atoms with Gasteiger partial charge in [-0.25, -0.2) is 17.5 Å². The molecule has 17 heavy (non-hydrogen) atoms. The van der Waals surface area contributed by atoms with Crippen LogP contribution in [0.3, 0.4) is 0 Å². The molecule has 1 aromatic rings. The molecule has 96 valence electrons. The standard InChI is InChI=1S/C10H13ClFNO3S/c1-7(16-2)6-13-17(14,15)10-4-3-8(12)5-9(10)11/h3-5,7,13H,6H2,1-2H3. The van der Waals surface area contributed by atoms with Crippen LogP contribution in [-0.2, 0) is 14.8 Å². The largest absolute Gasteiger partial charge is 0.380 e. The third-order valence-electron chi connectivity index (χ3n) is 2.15. The van der Waals surface area contributed by atoms with E-state index >= 15 is 0 Å². The summed E-state index contributed by atoms with van der Waals surface area (Å²) in [5.41, 5.74) is 0. The molecule has 0 bridgehead atoms. The van der Waals surface area contributed by atoms with E-state index in [1.54, 1.807) is 6.92 Å². The van der Waals surface area contributed by atoms with Crippen molar-refractivity contribution in [3.8, 4) is 0 Å². The maximum absolute atomic E-state index is 12.8. The van der Waals surface area contributed by atoms with Gasteiger partial charge in [-0.3, -0.25) is 0 Å². The molecule has 0 saturated carbocycles. The number of rotatable bonds is 5. The number of benzene rings is 1. The van der Waals surface area contributed by atoms with Gasteiger partial charge in [-0.15, -0.1) is 0 Å². The van der Waals surface area contributed by atoms with Gasteiger partial charge in [0.15, 0.2) is 0 Å². The summed E-state index contributed by atoms with van der Waals surface area (Å²) >= 11 is 5.67. The number of ether oxygens (including phenoxy) is 1. The SMILES string of the molecule is COC(C)CNS(=O)(=O)c1ccc(F)cc1Cl. The molecule has 7 heteroatoms. The van der Waals surface area contributed by atoms with Crippen LogP contribution in [0.4, 0.5) is 4.39 Å². The van der Waals surface area contributed by atoms with E-state index in [0.29, 0.717) is 0 Å². The van der Waals surface area contributed by atoms with Crippen LogP contribution in [0, 0.1) is 5.82 Å². The lowest BCUT2D eigenvalue weighted by Crippen LogP contribution is -2.31. The van der Waals surface area contributed by atoms with E-state index in [9.17, 15) is 12.8 Å². The normalized spacial score (nSPS) is 13.6. The summed E-state index contributed by atoms with van der Waals surface area (Å²) in [6, 6.07) is 3.12. The Labute approximate surface area is 105 Å². The van der Waals surface area contributed by atoms with Gasteiger partial charge in [0.05, 0.1) is 11.1 Å². The minimum Gasteiger partial charge on any atom is -0.380 e. The highest BCUT2D eigenvalue weighted by atomic mass is 35.5. The van der Waals surface area contributed by atoms with Crippen molar-refractivity contribution in [3.63, 3.8) is 0 Å². The Morgan fingerprint density at radius 3 is 2.71 bits per heavy atom. The molecule has 0 fully saturated rings. The fourth-order valence-electron chi connectivity index (χ4n) is 1.08. The number of sulfonamides is 1. The second-order valence-electron chi connectivity index (χ2n) is 3.47. The molecule has 1 aromatic carbocycles. The second kappa shape index (κ2) is 5.77. The monoisotopic (exact) mass is 281 g/mol. The predicted molar refractivity (Wildman–Crippen MR) is 63.1 cm³/mol. The topological polar surface area (TPSA) is 55.4 Å². The van der Waals surface area contributed by atoms with E-state index in [0.717, 1.165) is 18.2 Å². The molecule has 0 radical (unpaired) electrons. The first-order valence-electron chi connectivity index (χ1n) is 4.84. The Bertz CT molecular complexity index is 492. The molecule has 1 N–H and O–H groups in total. The zero-order valence-electron chi connectivity index (χ0n) is 9.41. The summed E-state index contributed by atoms with van der Waals surface area (Å²) in [7, 11) is -2.27. The van der Waals surface area contributed by atoms with Crippen molar-refractivity contribution in [2.24, 2.45) is 0 Å². The van der Waals surface area contributed by atoms with E-state index in [2.05, 4.69) is 4.72 Å². The van der Waals surface area contributed by atoms with Gasteiger partial charge in [0.25, 0.3) is 0 Å². The quantitative estimate of drug-likeness (QED) is 0.895. The lowest BCUT2D eigenvalue weighted by Gasteiger charge is -2.12. The number of halogens is 2. The molecule has 0 saturated heterocycles. The molecule has 0 heterocycles. The highest BCUT2D eigenvalue weighted by molar-refractivity contribution is 7.89. The van der Waals surface area contributed by atoms with Crippen LogP contribution in [0.5, 0.6) is 0 Å². The Morgan fingerprint density at radius 2 is 2.18 bits per heavy atom. The lowest BCUT2D eigenvalue weighted by atomic mass is 10.3. The van der Waals surface area contributed by atoms with Crippen LogP contribution >= 0.6 is 11.6 Å². The zero-order chi connectivity index (χ0) is 13.1. The van der Waals surface area contributed by atoms with E-state index in [1.165, 1.54) is 7.11 Å². The van der Waals surface area contributed by atoms with Crippen LogP contribution in [-0.4, -0.2) is 28.2 Å². The van der Waals surface area contributed by atoms with Crippen LogP contribution in [0.15, 0.2) is 23.1 Å². The first-order chi connectivity index (χ1) is 7.86. The minimum absolute atomic E-state index is 0.118. The Kier molecular flexibility index (Phi) is 4.88. The zero-order valence-corrected chi connectivity index (χ0v) is 11.0. The van der Waals surface area contributed by atoms with Crippen molar-refractivity contribution in [2.75, 3.05) is 13.7 Å². The van der Waals surface area contributed by atoms with Gasteiger partial charge in [0.2, 0.25) is 10.0 Å². The summed E-state index contributed by atoms with van der Waals surface area (Å²) in [6.45, 7) is 1.83. The average molecular weight is 282 g/mol. The first kappa shape index (κ1) is 14.4. The molecular formula is C10H13ClFNO3S. The maximum atomic E-state index is 12.8. The van der Waals surface area contributed by atoms with Gasteiger partial charge in [-0.2, -0.15) is 0 Å². The number of methoxy groups -OCH3 is 1. The molecule has 0 aliphatic carbocycles. The van der Waals surface area contributed by atoms with Gasteiger partial charge in [0.1, 0.15) is 10.7 Å². The van der Waals surface area contributed by atoms with Crippen molar-refractivity contribution in [1.29, 1.82) is 0 Å². The van der Waals surface area contributed by atoms with Crippen LogP contribution < -0.4 is 4.72 Å². The van der Waals surface area contributed by atoms with E-state index in [4.69, 9.17) is 16.3 Å². The van der Waals surface area contributed by atoms with Gasteiger partial charge in [-0.1, -0.05) is 11.6 Å². The number of hydrogen-bond donors (Lipinski definition) is 1. The summed E-state index contributed by atoms with van der Waals surface area (Å²) in [4.78, 5) is -0.149. The average Bonchev–Trinajstić information content (AvgIpc) is 2.25. The van der Waals surface area contributed by atoms with Gasteiger partial charge in [-0.05, 0) is 25.1 Å². The fourth-order valence-corrected chi connectivity index (χ4v) is 2.73. The van der Waals surface area contributed by atoms with Crippen molar-refractivity contribution < 1.29 is 17.5 Å². The first-order valence-corrected chi connectivity index (χ1v) is 6.70. The molecule has 1 rings (SSSR count). The highest BCUT2D eigenvalue weighted by Gasteiger charge is 2.18. The smallest absolute Gasteiger partial charge is 0.242 e. The molecule has 4 nitrogen and oxygen atoms in total. The molecule has 0 amide bonds. The van der Waals surface area contributed by atoms with Crippen molar-refractivity contribution in [3.05, 3.63) is 29.0 Å². The van der Waals surface area contributed by atoms with Crippen LogP contribution in [0.1, 0.15) is 6.92 Å². The van der Waals surface area contributed by atoms with Gasteiger partial charge in [0, 0.05) is 13.7 Å². The van der Waals surface area contributed by atoms with Crippen LogP contribution in [0.2, 0.25) is 5.02 Å². The highest BCUT2D eigenvalue weighted by Crippen LogP contribution is 2.21. The van der Waals surface area contributed by atoms with E-state index < -0.39 is 15.8 Å². The Hall–Kier alpha value is -0.690. The molecule has 1 unspecified atom stereocenters. The third-order valence-corrected chi connectivity index (χ3v) is 4.05. The second-order valence-corrected chi connectivity index (χ2v) is 5.62. The Balaban J connectivity index is 2.90. The lowest BCUT2D eigenvalue weighted by molar-refractivity contribution is 0.122. The maximum Gasteiger partial charge on any atom is 0.242 e. The van der Waals surface area contributed by atoms with Gasteiger partial charge < -0.3 is 4.74 Å².